The minimum Gasteiger partial charge on any atom is -0.507 e. The first kappa shape index (κ1) is 12.4. The molecule has 0 saturated carbocycles. The molecule has 2 rings (SSSR count). The third-order valence-electron chi connectivity index (χ3n) is 2.95. The van der Waals surface area contributed by atoms with Crippen LogP contribution in [0.4, 0.5) is 10.1 Å². The highest BCUT2D eigenvalue weighted by Crippen LogP contribution is 2.29. The molecule has 1 aromatic heterocycles. The first-order valence-corrected chi connectivity index (χ1v) is 5.75. The van der Waals surface area contributed by atoms with Gasteiger partial charge in [-0.1, -0.05) is 6.07 Å². The number of hydrogen-bond donors (Lipinski definition) is 3. The zero-order chi connectivity index (χ0) is 13.3. The van der Waals surface area contributed by atoms with Crippen molar-refractivity contribution in [1.29, 1.82) is 0 Å². The molecule has 18 heavy (non-hydrogen) atoms. The van der Waals surface area contributed by atoms with Crippen LogP contribution in [0.15, 0.2) is 18.2 Å². The van der Waals surface area contributed by atoms with Crippen LogP contribution in [0.25, 0.3) is 0 Å². The summed E-state index contributed by atoms with van der Waals surface area (Å²) in [5, 5.41) is 20.0. The zero-order valence-electron chi connectivity index (χ0n) is 10.6. The molecule has 0 bridgehead atoms. The number of aromatic hydroxyl groups is 1. The van der Waals surface area contributed by atoms with Crippen molar-refractivity contribution in [3.63, 3.8) is 0 Å². The number of halogens is 1. The van der Waals surface area contributed by atoms with E-state index < -0.39 is 5.82 Å². The second-order valence-corrected chi connectivity index (χ2v) is 4.38. The Morgan fingerprint density at radius 2 is 2.11 bits per heavy atom. The molecular weight excluding hydrogens is 233 g/mol. The number of aromatic amines is 1. The summed E-state index contributed by atoms with van der Waals surface area (Å²) in [4.78, 5) is 0. The third-order valence-corrected chi connectivity index (χ3v) is 2.95. The molecule has 1 unspecified atom stereocenters. The number of aromatic nitrogens is 2. The van der Waals surface area contributed by atoms with Crippen LogP contribution in [0.3, 0.4) is 0 Å². The molecule has 96 valence electrons. The molecule has 0 aliphatic heterocycles. The van der Waals surface area contributed by atoms with Crippen molar-refractivity contribution in [1.82, 2.24) is 10.2 Å². The van der Waals surface area contributed by atoms with E-state index in [1.165, 1.54) is 6.07 Å². The Labute approximate surface area is 105 Å². The number of benzene rings is 1. The van der Waals surface area contributed by atoms with Crippen LogP contribution < -0.4 is 5.32 Å². The van der Waals surface area contributed by atoms with Gasteiger partial charge in [0.05, 0.1) is 23.1 Å². The smallest absolute Gasteiger partial charge is 0.126 e. The molecular formula is C13H16FN3O. The minimum absolute atomic E-state index is 0.0474. The van der Waals surface area contributed by atoms with E-state index in [9.17, 15) is 9.50 Å². The monoisotopic (exact) mass is 249 g/mol. The van der Waals surface area contributed by atoms with Crippen molar-refractivity contribution in [3.8, 4) is 5.75 Å². The van der Waals surface area contributed by atoms with E-state index in [1.54, 1.807) is 6.07 Å². The highest BCUT2D eigenvalue weighted by atomic mass is 19.1. The molecule has 0 spiro atoms. The maximum absolute atomic E-state index is 12.9. The standard InChI is InChI=1S/C13H16FN3O/c1-7(11-5-4-10(14)6-12(11)18)15-13-8(2)16-17-9(13)3/h4-7,15,18H,1-3H3,(H,16,17). The number of H-pyrrole nitrogens is 1. The number of hydrogen-bond acceptors (Lipinski definition) is 3. The topological polar surface area (TPSA) is 60.9 Å². The molecule has 1 heterocycles. The Bertz CT molecular complexity index is 546. The van der Waals surface area contributed by atoms with Gasteiger partial charge in [0.25, 0.3) is 0 Å². The lowest BCUT2D eigenvalue weighted by Crippen LogP contribution is -2.08. The second-order valence-electron chi connectivity index (χ2n) is 4.38. The SMILES string of the molecule is Cc1n[nH]c(C)c1NC(C)c1ccc(F)cc1O. The fourth-order valence-electron chi connectivity index (χ4n) is 1.94. The summed E-state index contributed by atoms with van der Waals surface area (Å²) < 4.78 is 12.9. The van der Waals surface area contributed by atoms with Crippen LogP contribution >= 0.6 is 0 Å². The maximum Gasteiger partial charge on any atom is 0.126 e. The molecule has 3 N–H and O–H groups in total. The lowest BCUT2D eigenvalue weighted by molar-refractivity contribution is 0.459. The molecule has 2 aromatic rings. The van der Waals surface area contributed by atoms with Gasteiger partial charge in [0.15, 0.2) is 0 Å². The summed E-state index contributed by atoms with van der Waals surface area (Å²) in [5.74, 6) is -0.493. The van der Waals surface area contributed by atoms with Gasteiger partial charge in [-0.25, -0.2) is 4.39 Å². The van der Waals surface area contributed by atoms with E-state index >= 15 is 0 Å². The summed E-state index contributed by atoms with van der Waals surface area (Å²) >= 11 is 0. The van der Waals surface area contributed by atoms with Gasteiger partial charge in [-0.05, 0) is 26.8 Å². The highest BCUT2D eigenvalue weighted by Gasteiger charge is 2.14. The largest absolute Gasteiger partial charge is 0.507 e. The Kier molecular flexibility index (Phi) is 3.23. The number of phenolic OH excluding ortho intramolecular Hbond substituents is 1. The molecule has 0 amide bonds. The number of phenols is 1. The average Bonchev–Trinajstić information content (AvgIpc) is 2.60. The number of anilines is 1. The summed E-state index contributed by atoms with van der Waals surface area (Å²) in [6.07, 6.45) is 0. The normalized spacial score (nSPS) is 12.4. The van der Waals surface area contributed by atoms with Crippen molar-refractivity contribution < 1.29 is 9.50 Å². The molecule has 1 aromatic carbocycles. The summed E-state index contributed by atoms with van der Waals surface area (Å²) in [7, 11) is 0. The number of aryl methyl sites for hydroxylation is 2. The molecule has 4 nitrogen and oxygen atoms in total. The lowest BCUT2D eigenvalue weighted by Gasteiger charge is -2.17. The highest BCUT2D eigenvalue weighted by molar-refractivity contribution is 5.53. The van der Waals surface area contributed by atoms with Crippen molar-refractivity contribution in [2.75, 3.05) is 5.32 Å². The van der Waals surface area contributed by atoms with Crippen molar-refractivity contribution in [3.05, 3.63) is 41.0 Å². The van der Waals surface area contributed by atoms with E-state index in [-0.39, 0.29) is 11.8 Å². The molecule has 1 atom stereocenters. The van der Waals surface area contributed by atoms with Crippen LogP contribution in [-0.4, -0.2) is 15.3 Å². The molecule has 0 aliphatic carbocycles. The van der Waals surface area contributed by atoms with Crippen molar-refractivity contribution in [2.45, 2.75) is 26.8 Å². The Hall–Kier alpha value is -2.04. The number of nitrogens with one attached hydrogen (secondary N) is 2. The third kappa shape index (κ3) is 2.30. The Balaban J connectivity index is 2.24. The van der Waals surface area contributed by atoms with Gasteiger partial charge in [-0.2, -0.15) is 5.10 Å². The minimum atomic E-state index is -0.445. The van der Waals surface area contributed by atoms with Crippen LogP contribution in [0.1, 0.15) is 29.9 Å². The van der Waals surface area contributed by atoms with Gasteiger partial charge in [0.2, 0.25) is 0 Å². The van der Waals surface area contributed by atoms with Crippen LogP contribution in [0.5, 0.6) is 5.75 Å². The first-order chi connectivity index (χ1) is 8.49. The number of rotatable bonds is 3. The summed E-state index contributed by atoms with van der Waals surface area (Å²) in [6, 6.07) is 3.89. The van der Waals surface area contributed by atoms with Gasteiger partial charge in [-0.3, -0.25) is 5.10 Å². The van der Waals surface area contributed by atoms with Crippen LogP contribution in [0.2, 0.25) is 0 Å². The number of nitrogens with zero attached hydrogens (tertiary/aromatic N) is 1. The van der Waals surface area contributed by atoms with Gasteiger partial charge < -0.3 is 10.4 Å². The zero-order valence-corrected chi connectivity index (χ0v) is 10.6. The van der Waals surface area contributed by atoms with Gasteiger partial charge in [0.1, 0.15) is 11.6 Å². The Morgan fingerprint density at radius 3 is 2.67 bits per heavy atom. The van der Waals surface area contributed by atoms with E-state index in [0.717, 1.165) is 23.1 Å². The fraction of sp³-hybridized carbons (Fsp3) is 0.308. The predicted molar refractivity (Wildman–Crippen MR) is 68.2 cm³/mol. The van der Waals surface area contributed by atoms with Gasteiger partial charge in [0, 0.05) is 11.6 Å². The second kappa shape index (κ2) is 4.68. The van der Waals surface area contributed by atoms with Crippen LogP contribution in [-0.2, 0) is 0 Å². The first-order valence-electron chi connectivity index (χ1n) is 5.75. The van der Waals surface area contributed by atoms with E-state index in [2.05, 4.69) is 15.5 Å². The van der Waals surface area contributed by atoms with E-state index in [1.807, 2.05) is 20.8 Å². The molecule has 0 radical (unpaired) electrons. The van der Waals surface area contributed by atoms with Gasteiger partial charge >= 0.3 is 0 Å². The molecule has 0 saturated heterocycles. The van der Waals surface area contributed by atoms with E-state index in [4.69, 9.17) is 0 Å². The van der Waals surface area contributed by atoms with Crippen molar-refractivity contribution >= 4 is 5.69 Å². The van der Waals surface area contributed by atoms with Crippen molar-refractivity contribution in [2.24, 2.45) is 0 Å². The Morgan fingerprint density at radius 1 is 1.39 bits per heavy atom. The quantitative estimate of drug-likeness (QED) is 0.783. The fourth-order valence-corrected chi connectivity index (χ4v) is 1.94. The lowest BCUT2D eigenvalue weighted by atomic mass is 10.1. The molecule has 0 fully saturated rings. The summed E-state index contributed by atoms with van der Waals surface area (Å²) in [6.45, 7) is 5.71. The predicted octanol–water partition coefficient (Wildman–Crippen LogP) is 3.04. The van der Waals surface area contributed by atoms with E-state index in [0.29, 0.717) is 5.56 Å². The molecule has 0 aliphatic rings. The summed E-state index contributed by atoms with van der Waals surface area (Å²) in [5.41, 5.74) is 3.35. The van der Waals surface area contributed by atoms with Gasteiger partial charge in [-0.15, -0.1) is 0 Å². The van der Waals surface area contributed by atoms with Crippen LogP contribution in [0, 0.1) is 19.7 Å². The maximum atomic E-state index is 12.9. The average molecular weight is 249 g/mol. The molecule has 5 heteroatoms.